The summed E-state index contributed by atoms with van der Waals surface area (Å²) in [7, 11) is 0. The quantitative estimate of drug-likeness (QED) is 0.798. The molecular formula is C17H22BrN3O2S. The third-order valence-electron chi connectivity index (χ3n) is 3.35. The number of hydrogen-bond acceptors (Lipinski definition) is 4. The number of thioether (sulfide) groups is 1. The predicted molar refractivity (Wildman–Crippen MR) is 103 cm³/mol. The number of hydrogen-bond donors (Lipinski definition) is 1. The molecule has 1 heterocycles. The van der Waals surface area contributed by atoms with Crippen LogP contribution < -0.4 is 5.32 Å². The second-order valence-electron chi connectivity index (χ2n) is 6.17. The molecule has 0 bridgehead atoms. The van der Waals surface area contributed by atoms with E-state index in [1.165, 1.54) is 11.8 Å². The molecule has 0 spiro atoms. The first-order chi connectivity index (χ1) is 11.3. The molecule has 0 aromatic heterocycles. The normalized spacial score (nSPS) is 19.6. The first-order valence-corrected chi connectivity index (χ1v) is 9.58. The smallest absolute Gasteiger partial charge is 0.242 e. The molecule has 130 valence electrons. The lowest BCUT2D eigenvalue weighted by atomic mass is 10.2. The maximum atomic E-state index is 12.6. The molecule has 0 aliphatic carbocycles. The van der Waals surface area contributed by atoms with Crippen molar-refractivity contribution in [1.29, 1.82) is 0 Å². The predicted octanol–water partition coefficient (Wildman–Crippen LogP) is 3.89. The molecule has 1 atom stereocenters. The Morgan fingerprint density at radius 1 is 1.29 bits per heavy atom. The van der Waals surface area contributed by atoms with E-state index in [0.29, 0.717) is 5.17 Å². The van der Waals surface area contributed by atoms with Crippen LogP contribution in [0.4, 0.5) is 5.69 Å². The van der Waals surface area contributed by atoms with E-state index >= 15 is 0 Å². The summed E-state index contributed by atoms with van der Waals surface area (Å²) in [5.41, 5.74) is 0.718. The Morgan fingerprint density at radius 3 is 2.46 bits per heavy atom. The van der Waals surface area contributed by atoms with E-state index in [1.807, 2.05) is 52.0 Å². The average Bonchev–Trinajstić information content (AvgIpc) is 2.76. The second kappa shape index (κ2) is 8.16. The van der Waals surface area contributed by atoms with Crippen LogP contribution in [0.25, 0.3) is 0 Å². The van der Waals surface area contributed by atoms with Crippen LogP contribution in [0.1, 0.15) is 34.1 Å². The number of rotatable bonds is 5. The third-order valence-corrected chi connectivity index (χ3v) is 5.04. The molecule has 5 nitrogen and oxygen atoms in total. The summed E-state index contributed by atoms with van der Waals surface area (Å²) in [6.07, 6.45) is 0.139. The molecule has 2 amide bonds. The molecule has 0 unspecified atom stereocenters. The Labute approximate surface area is 155 Å². The Kier molecular flexibility index (Phi) is 6.46. The van der Waals surface area contributed by atoms with E-state index in [0.717, 1.165) is 10.2 Å². The number of aliphatic imine (C=N–C) groups is 1. The van der Waals surface area contributed by atoms with Gasteiger partial charge in [0.25, 0.3) is 0 Å². The summed E-state index contributed by atoms with van der Waals surface area (Å²) in [4.78, 5) is 31.1. The van der Waals surface area contributed by atoms with Crippen LogP contribution in [0, 0.1) is 0 Å². The molecule has 1 aromatic carbocycles. The topological polar surface area (TPSA) is 61.8 Å². The molecule has 24 heavy (non-hydrogen) atoms. The standard InChI is InChI=1S/C17H22BrN3O2S/c1-10(2)19-17-21(11(3)4)16(23)14(24-17)9-15(22)20-13-7-5-12(18)6-8-13/h5-8,10-11,14H,9H2,1-4H3,(H,20,22)/t14-/m0/s1. The number of anilines is 1. The maximum Gasteiger partial charge on any atom is 0.242 e. The van der Waals surface area contributed by atoms with Gasteiger partial charge in [-0.1, -0.05) is 27.7 Å². The second-order valence-corrected chi connectivity index (χ2v) is 8.26. The van der Waals surface area contributed by atoms with Crippen molar-refractivity contribution in [3.05, 3.63) is 28.7 Å². The lowest BCUT2D eigenvalue weighted by molar-refractivity contribution is -0.129. The number of carbonyl (C=O) groups is 2. The monoisotopic (exact) mass is 411 g/mol. The van der Waals surface area contributed by atoms with Crippen molar-refractivity contribution in [2.45, 2.75) is 51.4 Å². The Balaban J connectivity index is 2.05. The fourth-order valence-electron chi connectivity index (χ4n) is 2.32. The lowest BCUT2D eigenvalue weighted by Crippen LogP contribution is -2.38. The van der Waals surface area contributed by atoms with Gasteiger partial charge in [0.05, 0.1) is 0 Å². The Morgan fingerprint density at radius 2 is 1.92 bits per heavy atom. The number of amidine groups is 1. The van der Waals surface area contributed by atoms with Crippen LogP contribution in [0.15, 0.2) is 33.7 Å². The van der Waals surface area contributed by atoms with Crippen LogP contribution >= 0.6 is 27.7 Å². The summed E-state index contributed by atoms with van der Waals surface area (Å²) < 4.78 is 0.948. The van der Waals surface area contributed by atoms with Crippen molar-refractivity contribution in [2.75, 3.05) is 5.32 Å². The van der Waals surface area contributed by atoms with Crippen molar-refractivity contribution < 1.29 is 9.59 Å². The maximum absolute atomic E-state index is 12.6. The molecule has 1 aliphatic rings. The van der Waals surface area contributed by atoms with Gasteiger partial charge in [0.1, 0.15) is 5.25 Å². The fourth-order valence-corrected chi connectivity index (χ4v) is 3.97. The van der Waals surface area contributed by atoms with Crippen molar-refractivity contribution in [2.24, 2.45) is 4.99 Å². The molecule has 0 saturated carbocycles. The van der Waals surface area contributed by atoms with Gasteiger partial charge in [-0.3, -0.25) is 19.5 Å². The first-order valence-electron chi connectivity index (χ1n) is 7.91. The van der Waals surface area contributed by atoms with Gasteiger partial charge in [-0.05, 0) is 52.0 Å². The van der Waals surface area contributed by atoms with Gasteiger partial charge in [0, 0.05) is 28.7 Å². The summed E-state index contributed by atoms with van der Waals surface area (Å²) in [5, 5.41) is 3.13. The van der Waals surface area contributed by atoms with E-state index in [4.69, 9.17) is 0 Å². The SMILES string of the molecule is CC(C)N=C1S[C@@H](CC(=O)Nc2ccc(Br)cc2)C(=O)N1C(C)C. The van der Waals surface area contributed by atoms with Gasteiger partial charge in [0.2, 0.25) is 11.8 Å². The summed E-state index contributed by atoms with van der Waals surface area (Å²) in [6.45, 7) is 7.87. The number of amides is 2. The Hall–Kier alpha value is -1.34. The van der Waals surface area contributed by atoms with Crippen molar-refractivity contribution in [1.82, 2.24) is 4.90 Å². The van der Waals surface area contributed by atoms with Gasteiger partial charge in [-0.2, -0.15) is 0 Å². The van der Waals surface area contributed by atoms with Crippen LogP contribution in [0.5, 0.6) is 0 Å². The molecule has 7 heteroatoms. The van der Waals surface area contributed by atoms with Gasteiger partial charge in [0.15, 0.2) is 5.17 Å². The zero-order valence-corrected chi connectivity index (χ0v) is 16.6. The van der Waals surface area contributed by atoms with E-state index in [-0.39, 0.29) is 30.3 Å². The molecule has 0 radical (unpaired) electrons. The molecule has 1 saturated heterocycles. The number of nitrogens with zero attached hydrogens (tertiary/aromatic N) is 2. The highest BCUT2D eigenvalue weighted by Crippen LogP contribution is 2.31. The van der Waals surface area contributed by atoms with Crippen molar-refractivity contribution >= 4 is 50.4 Å². The highest BCUT2D eigenvalue weighted by molar-refractivity contribution is 9.10. The Bertz CT molecular complexity index is 644. The molecule has 1 fully saturated rings. The minimum absolute atomic E-state index is 0.0297. The fraction of sp³-hybridized carbons (Fsp3) is 0.471. The largest absolute Gasteiger partial charge is 0.326 e. The van der Waals surface area contributed by atoms with E-state index in [2.05, 4.69) is 26.2 Å². The van der Waals surface area contributed by atoms with Crippen molar-refractivity contribution in [3.63, 3.8) is 0 Å². The number of nitrogens with one attached hydrogen (secondary N) is 1. The van der Waals surface area contributed by atoms with Gasteiger partial charge >= 0.3 is 0 Å². The van der Waals surface area contributed by atoms with E-state index < -0.39 is 5.25 Å². The number of carbonyl (C=O) groups excluding carboxylic acids is 2. The van der Waals surface area contributed by atoms with E-state index in [1.54, 1.807) is 4.90 Å². The third kappa shape index (κ3) is 4.83. The highest BCUT2D eigenvalue weighted by Gasteiger charge is 2.40. The van der Waals surface area contributed by atoms with Crippen LogP contribution in [-0.4, -0.2) is 39.2 Å². The van der Waals surface area contributed by atoms with Gasteiger partial charge in [-0.15, -0.1) is 0 Å². The summed E-state index contributed by atoms with van der Waals surface area (Å²) in [6, 6.07) is 7.49. The molecule has 1 aromatic rings. The van der Waals surface area contributed by atoms with E-state index in [9.17, 15) is 9.59 Å². The van der Waals surface area contributed by atoms with Crippen molar-refractivity contribution in [3.8, 4) is 0 Å². The lowest BCUT2D eigenvalue weighted by Gasteiger charge is -2.21. The van der Waals surface area contributed by atoms with Gasteiger partial charge < -0.3 is 5.32 Å². The zero-order chi connectivity index (χ0) is 17.9. The van der Waals surface area contributed by atoms with Crippen LogP contribution in [-0.2, 0) is 9.59 Å². The highest BCUT2D eigenvalue weighted by atomic mass is 79.9. The summed E-state index contributed by atoms with van der Waals surface area (Å²) in [5.74, 6) is -0.210. The average molecular weight is 412 g/mol. The minimum atomic E-state index is -0.416. The molecule has 1 aliphatic heterocycles. The van der Waals surface area contributed by atoms with Gasteiger partial charge in [-0.25, -0.2) is 0 Å². The zero-order valence-electron chi connectivity index (χ0n) is 14.2. The molecule has 1 N–H and O–H groups in total. The van der Waals surface area contributed by atoms with Crippen LogP contribution in [0.2, 0.25) is 0 Å². The first kappa shape index (κ1) is 19.0. The molecule has 2 rings (SSSR count). The molecular weight excluding hydrogens is 390 g/mol. The number of halogens is 1. The summed E-state index contributed by atoms with van der Waals surface area (Å²) >= 11 is 4.74. The number of benzene rings is 1. The van der Waals surface area contributed by atoms with Crippen LogP contribution in [0.3, 0.4) is 0 Å². The minimum Gasteiger partial charge on any atom is -0.326 e.